The maximum absolute atomic E-state index is 13.0. The van der Waals surface area contributed by atoms with E-state index in [9.17, 15) is 14.4 Å². The van der Waals surface area contributed by atoms with Gasteiger partial charge in [0.05, 0.1) is 16.4 Å². The van der Waals surface area contributed by atoms with Crippen LogP contribution in [0.2, 0.25) is 10.0 Å². The van der Waals surface area contributed by atoms with Crippen molar-refractivity contribution in [3.05, 3.63) is 98.6 Å². The van der Waals surface area contributed by atoms with Crippen LogP contribution < -0.4 is 15.5 Å². The van der Waals surface area contributed by atoms with Crippen LogP contribution in [0, 0.1) is 0 Å². The van der Waals surface area contributed by atoms with Crippen LogP contribution in [0.3, 0.4) is 0 Å². The number of nitrogens with zero attached hydrogens (tertiary/aromatic N) is 1. The van der Waals surface area contributed by atoms with Gasteiger partial charge < -0.3 is 10.6 Å². The summed E-state index contributed by atoms with van der Waals surface area (Å²) < 4.78 is 0. The number of halogens is 3. The summed E-state index contributed by atoms with van der Waals surface area (Å²) in [5.74, 6) is -1.51. The molecule has 0 unspecified atom stereocenters. The molecule has 1 aliphatic heterocycles. The Kier molecular flexibility index (Phi) is 6.93. The molecule has 0 fully saturated rings. The number of nitrogens with one attached hydrogen (secondary N) is 2. The second kappa shape index (κ2) is 9.89. The van der Waals surface area contributed by atoms with Gasteiger partial charge in [0.25, 0.3) is 17.7 Å². The summed E-state index contributed by atoms with van der Waals surface area (Å²) in [7, 11) is 0. The Hall–Kier alpha value is -3.32. The van der Waals surface area contributed by atoms with E-state index < -0.39 is 11.8 Å². The number of rotatable bonds is 6. The Morgan fingerprint density at radius 2 is 1.62 bits per heavy atom. The van der Waals surface area contributed by atoms with Crippen LogP contribution in [0.1, 0.15) is 22.8 Å². The standard InChI is InChI=1S/C25H18Cl3N3O3/c1-2-14-5-3-4-6-20(14)31-24(33)21(28)22(25(31)34)29-17-10-7-15(8-11-17)23(32)30-19-12-9-16(26)13-18(19)27/h3-13,29H,2H2,1H3,(H,30,32). The van der Waals surface area contributed by atoms with Gasteiger partial charge in [-0.15, -0.1) is 0 Å². The lowest BCUT2D eigenvalue weighted by atomic mass is 10.1. The first kappa shape index (κ1) is 23.8. The molecule has 0 radical (unpaired) electrons. The summed E-state index contributed by atoms with van der Waals surface area (Å²) in [6.45, 7) is 1.94. The first-order valence-electron chi connectivity index (χ1n) is 10.3. The largest absolute Gasteiger partial charge is 0.350 e. The molecule has 0 aliphatic carbocycles. The third kappa shape index (κ3) is 4.66. The SMILES string of the molecule is CCc1ccccc1N1C(=O)C(Cl)=C(Nc2ccc(C(=O)Nc3ccc(Cl)cc3Cl)cc2)C1=O. The molecule has 4 rings (SSSR count). The average Bonchev–Trinajstić information content (AvgIpc) is 3.04. The lowest BCUT2D eigenvalue weighted by Gasteiger charge is -2.18. The highest BCUT2D eigenvalue weighted by molar-refractivity contribution is 6.53. The summed E-state index contributed by atoms with van der Waals surface area (Å²) in [6, 6.07) is 18.3. The van der Waals surface area contributed by atoms with Crippen LogP contribution in [-0.2, 0) is 16.0 Å². The topological polar surface area (TPSA) is 78.5 Å². The monoisotopic (exact) mass is 513 g/mol. The molecule has 0 saturated heterocycles. The molecule has 1 aliphatic rings. The normalized spacial score (nSPS) is 13.5. The fourth-order valence-electron chi connectivity index (χ4n) is 3.49. The molecule has 0 bridgehead atoms. The summed E-state index contributed by atoms with van der Waals surface area (Å²) in [5, 5.41) is 6.20. The number of hydrogen-bond acceptors (Lipinski definition) is 4. The van der Waals surface area contributed by atoms with Crippen LogP contribution in [-0.4, -0.2) is 17.7 Å². The Balaban J connectivity index is 1.50. The summed E-state index contributed by atoms with van der Waals surface area (Å²) in [6.07, 6.45) is 0.651. The van der Waals surface area contributed by atoms with E-state index in [1.54, 1.807) is 48.5 Å². The van der Waals surface area contributed by atoms with Gasteiger partial charge in [-0.3, -0.25) is 14.4 Å². The number of imide groups is 1. The predicted octanol–water partition coefficient (Wildman–Crippen LogP) is 6.24. The average molecular weight is 515 g/mol. The molecule has 0 aromatic heterocycles. The summed E-state index contributed by atoms with van der Waals surface area (Å²) >= 11 is 18.2. The Morgan fingerprint density at radius 3 is 2.29 bits per heavy atom. The minimum atomic E-state index is -0.592. The minimum Gasteiger partial charge on any atom is -0.350 e. The molecule has 3 amide bonds. The number of hydrogen-bond donors (Lipinski definition) is 2. The van der Waals surface area contributed by atoms with Gasteiger partial charge in [-0.1, -0.05) is 59.9 Å². The number of anilines is 3. The zero-order chi connectivity index (χ0) is 24.4. The number of para-hydroxylation sites is 1. The van der Waals surface area contributed by atoms with E-state index in [4.69, 9.17) is 34.8 Å². The molecule has 3 aromatic carbocycles. The number of aryl methyl sites for hydroxylation is 1. The molecule has 172 valence electrons. The van der Waals surface area contributed by atoms with Gasteiger partial charge in [-0.2, -0.15) is 0 Å². The number of amides is 3. The molecule has 34 heavy (non-hydrogen) atoms. The molecule has 0 spiro atoms. The van der Waals surface area contributed by atoms with Crippen LogP contribution in [0.4, 0.5) is 17.1 Å². The zero-order valence-corrected chi connectivity index (χ0v) is 20.1. The minimum absolute atomic E-state index is 0.0253. The highest BCUT2D eigenvalue weighted by atomic mass is 35.5. The number of carbonyl (C=O) groups excluding carboxylic acids is 3. The Bertz CT molecular complexity index is 1340. The molecule has 2 N–H and O–H groups in total. The molecule has 0 saturated carbocycles. The molecular formula is C25H18Cl3N3O3. The first-order chi connectivity index (χ1) is 16.3. The van der Waals surface area contributed by atoms with Crippen LogP contribution >= 0.6 is 34.8 Å². The smallest absolute Gasteiger partial charge is 0.283 e. The van der Waals surface area contributed by atoms with Crippen molar-refractivity contribution in [1.82, 2.24) is 0 Å². The van der Waals surface area contributed by atoms with E-state index in [2.05, 4.69) is 10.6 Å². The van der Waals surface area contributed by atoms with Gasteiger partial charge >= 0.3 is 0 Å². The van der Waals surface area contributed by atoms with Gasteiger partial charge in [0.15, 0.2) is 0 Å². The van der Waals surface area contributed by atoms with Crippen molar-refractivity contribution in [2.75, 3.05) is 15.5 Å². The van der Waals surface area contributed by atoms with Crippen molar-refractivity contribution in [3.63, 3.8) is 0 Å². The maximum atomic E-state index is 13.0. The Labute approximate surface area is 211 Å². The van der Waals surface area contributed by atoms with Gasteiger partial charge in [0, 0.05) is 16.3 Å². The van der Waals surface area contributed by atoms with E-state index in [1.165, 1.54) is 6.07 Å². The third-order valence-corrected chi connectivity index (χ3v) is 6.13. The number of benzene rings is 3. The van der Waals surface area contributed by atoms with Crippen LogP contribution in [0.5, 0.6) is 0 Å². The quantitative estimate of drug-likeness (QED) is 0.382. The predicted molar refractivity (Wildman–Crippen MR) is 136 cm³/mol. The summed E-state index contributed by atoms with van der Waals surface area (Å²) in [4.78, 5) is 39.4. The van der Waals surface area contributed by atoms with Crippen molar-refractivity contribution in [2.24, 2.45) is 0 Å². The van der Waals surface area contributed by atoms with Crippen molar-refractivity contribution in [2.45, 2.75) is 13.3 Å². The van der Waals surface area contributed by atoms with E-state index in [-0.39, 0.29) is 16.6 Å². The van der Waals surface area contributed by atoms with E-state index in [0.717, 1.165) is 10.5 Å². The highest BCUT2D eigenvalue weighted by Gasteiger charge is 2.39. The van der Waals surface area contributed by atoms with Crippen LogP contribution in [0.25, 0.3) is 0 Å². The van der Waals surface area contributed by atoms with Crippen molar-refractivity contribution in [1.29, 1.82) is 0 Å². The van der Waals surface area contributed by atoms with Gasteiger partial charge in [-0.25, -0.2) is 4.90 Å². The number of carbonyl (C=O) groups is 3. The van der Waals surface area contributed by atoms with Gasteiger partial charge in [-0.05, 0) is 60.5 Å². The van der Waals surface area contributed by atoms with E-state index >= 15 is 0 Å². The first-order valence-corrected chi connectivity index (χ1v) is 11.4. The zero-order valence-electron chi connectivity index (χ0n) is 17.9. The summed E-state index contributed by atoms with van der Waals surface area (Å²) in [5.41, 5.74) is 2.61. The van der Waals surface area contributed by atoms with Crippen molar-refractivity contribution in [3.8, 4) is 0 Å². The second-order valence-electron chi connectivity index (χ2n) is 7.40. The fourth-order valence-corrected chi connectivity index (χ4v) is 4.16. The third-order valence-electron chi connectivity index (χ3n) is 5.24. The molecular weight excluding hydrogens is 497 g/mol. The second-order valence-corrected chi connectivity index (χ2v) is 8.62. The van der Waals surface area contributed by atoms with Crippen LogP contribution in [0.15, 0.2) is 77.5 Å². The van der Waals surface area contributed by atoms with E-state index in [0.29, 0.717) is 39.1 Å². The molecule has 9 heteroatoms. The lowest BCUT2D eigenvalue weighted by molar-refractivity contribution is -0.120. The van der Waals surface area contributed by atoms with Crippen molar-refractivity contribution >= 4 is 69.6 Å². The maximum Gasteiger partial charge on any atom is 0.283 e. The molecule has 0 atom stereocenters. The molecule has 1 heterocycles. The highest BCUT2D eigenvalue weighted by Crippen LogP contribution is 2.32. The fraction of sp³-hybridized carbons (Fsp3) is 0.0800. The van der Waals surface area contributed by atoms with Gasteiger partial charge in [0.1, 0.15) is 10.7 Å². The molecule has 6 nitrogen and oxygen atoms in total. The van der Waals surface area contributed by atoms with Crippen molar-refractivity contribution < 1.29 is 14.4 Å². The lowest BCUT2D eigenvalue weighted by Crippen LogP contribution is -2.33. The molecule has 3 aromatic rings. The van der Waals surface area contributed by atoms with Gasteiger partial charge in [0.2, 0.25) is 0 Å². The Morgan fingerprint density at radius 1 is 0.912 bits per heavy atom. The van der Waals surface area contributed by atoms with E-state index in [1.807, 2.05) is 19.1 Å².